The number of halogens is 1. The SMILES string of the molecule is NC1(c2nc(-c3ccccc3F)cs2)CCCCC1. The highest BCUT2D eigenvalue weighted by molar-refractivity contribution is 7.10. The lowest BCUT2D eigenvalue weighted by Crippen LogP contribution is -2.38. The van der Waals surface area contributed by atoms with E-state index in [1.165, 1.54) is 12.5 Å². The molecule has 2 N–H and O–H groups in total. The van der Waals surface area contributed by atoms with E-state index in [0.717, 1.165) is 30.7 Å². The van der Waals surface area contributed by atoms with E-state index in [2.05, 4.69) is 4.98 Å². The molecule has 0 bridgehead atoms. The lowest BCUT2D eigenvalue weighted by molar-refractivity contribution is 0.301. The Morgan fingerprint density at radius 3 is 2.63 bits per heavy atom. The maximum Gasteiger partial charge on any atom is 0.132 e. The molecule has 1 fully saturated rings. The Hall–Kier alpha value is -1.26. The van der Waals surface area contributed by atoms with Gasteiger partial charge in [-0.3, -0.25) is 0 Å². The van der Waals surface area contributed by atoms with Gasteiger partial charge < -0.3 is 5.73 Å². The van der Waals surface area contributed by atoms with Crippen LogP contribution < -0.4 is 5.73 Å². The van der Waals surface area contributed by atoms with Crippen LogP contribution in [0.15, 0.2) is 29.6 Å². The number of rotatable bonds is 2. The van der Waals surface area contributed by atoms with Crippen LogP contribution in [-0.2, 0) is 5.54 Å². The molecule has 0 aliphatic heterocycles. The highest BCUT2D eigenvalue weighted by Gasteiger charge is 2.32. The van der Waals surface area contributed by atoms with Gasteiger partial charge >= 0.3 is 0 Å². The molecular weight excluding hydrogens is 259 g/mol. The third-order valence-corrected chi connectivity index (χ3v) is 4.89. The van der Waals surface area contributed by atoms with Gasteiger partial charge in [0.25, 0.3) is 0 Å². The Kier molecular flexibility index (Phi) is 3.37. The van der Waals surface area contributed by atoms with Crippen molar-refractivity contribution in [1.29, 1.82) is 0 Å². The van der Waals surface area contributed by atoms with Crippen molar-refractivity contribution in [1.82, 2.24) is 4.98 Å². The van der Waals surface area contributed by atoms with Crippen LogP contribution in [-0.4, -0.2) is 4.98 Å². The average Bonchev–Trinajstić information content (AvgIpc) is 2.90. The van der Waals surface area contributed by atoms with Crippen molar-refractivity contribution >= 4 is 11.3 Å². The number of nitrogens with two attached hydrogens (primary N) is 1. The summed E-state index contributed by atoms with van der Waals surface area (Å²) < 4.78 is 13.8. The summed E-state index contributed by atoms with van der Waals surface area (Å²) in [6.07, 6.45) is 5.54. The summed E-state index contributed by atoms with van der Waals surface area (Å²) >= 11 is 1.56. The van der Waals surface area contributed by atoms with E-state index in [9.17, 15) is 4.39 Å². The fraction of sp³-hybridized carbons (Fsp3) is 0.400. The van der Waals surface area contributed by atoms with Crippen molar-refractivity contribution in [2.75, 3.05) is 0 Å². The number of hydrogen-bond acceptors (Lipinski definition) is 3. The summed E-state index contributed by atoms with van der Waals surface area (Å²) in [6, 6.07) is 6.75. The first kappa shape index (κ1) is 12.8. The van der Waals surface area contributed by atoms with E-state index >= 15 is 0 Å². The summed E-state index contributed by atoms with van der Waals surface area (Å²) in [4.78, 5) is 4.59. The smallest absolute Gasteiger partial charge is 0.132 e. The molecule has 2 aromatic rings. The number of aromatic nitrogens is 1. The molecule has 0 atom stereocenters. The summed E-state index contributed by atoms with van der Waals surface area (Å²) in [5, 5.41) is 2.86. The second-order valence-electron chi connectivity index (χ2n) is 5.23. The Labute approximate surface area is 116 Å². The second-order valence-corrected chi connectivity index (χ2v) is 6.09. The first-order chi connectivity index (χ1) is 9.19. The quantitative estimate of drug-likeness (QED) is 0.898. The van der Waals surface area contributed by atoms with Crippen molar-refractivity contribution in [2.24, 2.45) is 5.73 Å². The minimum Gasteiger partial charge on any atom is -0.319 e. The lowest BCUT2D eigenvalue weighted by Gasteiger charge is -2.31. The summed E-state index contributed by atoms with van der Waals surface area (Å²) in [5.74, 6) is -0.228. The number of nitrogens with zero attached hydrogens (tertiary/aromatic N) is 1. The molecule has 2 nitrogen and oxygen atoms in total. The molecule has 19 heavy (non-hydrogen) atoms. The van der Waals surface area contributed by atoms with Crippen LogP contribution in [0.25, 0.3) is 11.3 Å². The topological polar surface area (TPSA) is 38.9 Å². The monoisotopic (exact) mass is 276 g/mol. The van der Waals surface area contributed by atoms with Gasteiger partial charge in [0, 0.05) is 10.9 Å². The number of hydrogen-bond donors (Lipinski definition) is 1. The maximum absolute atomic E-state index is 13.8. The molecule has 1 heterocycles. The second kappa shape index (κ2) is 5.02. The van der Waals surface area contributed by atoms with Crippen molar-refractivity contribution in [3.63, 3.8) is 0 Å². The largest absolute Gasteiger partial charge is 0.319 e. The first-order valence-electron chi connectivity index (χ1n) is 6.69. The Bertz CT molecular complexity index is 573. The van der Waals surface area contributed by atoms with E-state index in [4.69, 9.17) is 5.73 Å². The van der Waals surface area contributed by atoms with Gasteiger partial charge in [-0.1, -0.05) is 31.4 Å². The van der Waals surface area contributed by atoms with Crippen LogP contribution in [0.3, 0.4) is 0 Å². The Balaban J connectivity index is 1.93. The molecule has 1 aliphatic carbocycles. The standard InChI is InChI=1S/C15H17FN2S/c16-12-7-3-2-6-11(12)13-10-19-14(18-13)15(17)8-4-1-5-9-15/h2-3,6-7,10H,1,4-5,8-9,17H2. The predicted molar refractivity (Wildman–Crippen MR) is 76.5 cm³/mol. The van der Waals surface area contributed by atoms with E-state index in [-0.39, 0.29) is 11.4 Å². The van der Waals surface area contributed by atoms with Crippen molar-refractivity contribution < 1.29 is 4.39 Å². The highest BCUT2D eigenvalue weighted by Crippen LogP contribution is 2.37. The van der Waals surface area contributed by atoms with Crippen molar-refractivity contribution in [2.45, 2.75) is 37.6 Å². The Morgan fingerprint density at radius 2 is 1.89 bits per heavy atom. The zero-order chi connectivity index (χ0) is 13.3. The molecule has 0 amide bonds. The summed E-state index contributed by atoms with van der Waals surface area (Å²) in [6.45, 7) is 0. The van der Waals surface area contributed by atoms with Crippen molar-refractivity contribution in [3.8, 4) is 11.3 Å². The minimum absolute atomic E-state index is 0.228. The van der Waals surface area contributed by atoms with Gasteiger partial charge in [0.1, 0.15) is 10.8 Å². The van der Waals surface area contributed by atoms with Crippen LogP contribution in [0.2, 0.25) is 0 Å². The predicted octanol–water partition coefficient (Wildman–Crippen LogP) is 4.07. The van der Waals surface area contributed by atoms with Crippen LogP contribution in [0.1, 0.15) is 37.1 Å². The molecule has 0 radical (unpaired) electrons. The van der Waals surface area contributed by atoms with E-state index in [0.29, 0.717) is 11.3 Å². The highest BCUT2D eigenvalue weighted by atomic mass is 32.1. The molecule has 100 valence electrons. The number of benzene rings is 1. The van der Waals surface area contributed by atoms with E-state index in [1.54, 1.807) is 23.5 Å². The van der Waals surface area contributed by atoms with Crippen LogP contribution >= 0.6 is 11.3 Å². The van der Waals surface area contributed by atoms with Gasteiger partial charge in [0.2, 0.25) is 0 Å². The minimum atomic E-state index is -0.299. The molecule has 0 saturated heterocycles. The zero-order valence-corrected chi connectivity index (χ0v) is 11.5. The number of thiazole rings is 1. The molecule has 0 spiro atoms. The molecule has 4 heteroatoms. The van der Waals surface area contributed by atoms with Gasteiger partial charge in [0.05, 0.1) is 11.2 Å². The molecular formula is C15H17FN2S. The zero-order valence-electron chi connectivity index (χ0n) is 10.7. The van der Waals surface area contributed by atoms with Crippen LogP contribution in [0, 0.1) is 5.82 Å². The van der Waals surface area contributed by atoms with E-state index in [1.807, 2.05) is 11.4 Å². The van der Waals surface area contributed by atoms with Gasteiger partial charge in [-0.25, -0.2) is 9.37 Å². The molecule has 1 aliphatic rings. The Morgan fingerprint density at radius 1 is 1.16 bits per heavy atom. The van der Waals surface area contributed by atoms with Crippen LogP contribution in [0.4, 0.5) is 4.39 Å². The van der Waals surface area contributed by atoms with Crippen LogP contribution in [0.5, 0.6) is 0 Å². The third kappa shape index (κ3) is 2.42. The van der Waals surface area contributed by atoms with Gasteiger partial charge in [-0.2, -0.15) is 0 Å². The molecule has 1 aromatic carbocycles. The third-order valence-electron chi connectivity index (χ3n) is 3.83. The molecule has 1 aromatic heterocycles. The lowest BCUT2D eigenvalue weighted by atomic mass is 9.83. The van der Waals surface area contributed by atoms with Gasteiger partial charge in [-0.05, 0) is 25.0 Å². The van der Waals surface area contributed by atoms with Gasteiger partial charge in [-0.15, -0.1) is 11.3 Å². The molecule has 1 saturated carbocycles. The van der Waals surface area contributed by atoms with Gasteiger partial charge in [0.15, 0.2) is 0 Å². The molecule has 3 rings (SSSR count). The average molecular weight is 276 g/mol. The van der Waals surface area contributed by atoms with E-state index < -0.39 is 0 Å². The maximum atomic E-state index is 13.8. The van der Waals surface area contributed by atoms with Crippen molar-refractivity contribution in [3.05, 3.63) is 40.5 Å². The normalized spacial score (nSPS) is 18.4. The fourth-order valence-electron chi connectivity index (χ4n) is 2.69. The summed E-state index contributed by atoms with van der Waals surface area (Å²) in [5.41, 5.74) is 7.43. The fourth-order valence-corrected chi connectivity index (χ4v) is 3.68. The first-order valence-corrected chi connectivity index (χ1v) is 7.57. The summed E-state index contributed by atoms with van der Waals surface area (Å²) in [7, 11) is 0. The molecule has 0 unspecified atom stereocenters.